The van der Waals surface area contributed by atoms with Crippen LogP contribution in [0.3, 0.4) is 0 Å². The third-order valence-corrected chi connectivity index (χ3v) is 4.11. The van der Waals surface area contributed by atoms with Gasteiger partial charge in [0.1, 0.15) is 0 Å². The first-order valence-corrected chi connectivity index (χ1v) is 6.21. The number of carbonyl (C=O) groups is 1. The van der Waals surface area contributed by atoms with Gasteiger partial charge < -0.3 is 4.74 Å². The molecule has 1 atom stereocenters. The van der Waals surface area contributed by atoms with Crippen molar-refractivity contribution in [2.75, 3.05) is 12.4 Å². The van der Waals surface area contributed by atoms with Crippen LogP contribution in [0.15, 0.2) is 18.2 Å². The van der Waals surface area contributed by atoms with E-state index < -0.39 is 5.82 Å². The first-order chi connectivity index (χ1) is 7.10. The Balaban J connectivity index is 3.01. The summed E-state index contributed by atoms with van der Waals surface area (Å²) in [5, 5.41) is 0.505. The minimum atomic E-state index is -0.473. The van der Waals surface area contributed by atoms with Crippen LogP contribution < -0.4 is 4.74 Å². The minimum Gasteiger partial charge on any atom is -0.494 e. The van der Waals surface area contributed by atoms with Crippen molar-refractivity contribution in [2.45, 2.75) is 4.83 Å². The zero-order chi connectivity index (χ0) is 11.4. The summed E-state index contributed by atoms with van der Waals surface area (Å²) in [6, 6.07) is 4.06. The molecule has 0 aromatic heterocycles. The molecule has 1 unspecified atom stereocenters. The van der Waals surface area contributed by atoms with E-state index in [-0.39, 0.29) is 16.4 Å². The van der Waals surface area contributed by atoms with Crippen LogP contribution in [0.25, 0.3) is 0 Å². The van der Waals surface area contributed by atoms with Crippen LogP contribution in [-0.2, 0) is 0 Å². The highest BCUT2D eigenvalue weighted by molar-refractivity contribution is 9.12. The molecule has 0 saturated heterocycles. The van der Waals surface area contributed by atoms with Crippen molar-refractivity contribution < 1.29 is 13.9 Å². The van der Waals surface area contributed by atoms with Gasteiger partial charge in [-0.1, -0.05) is 31.9 Å². The van der Waals surface area contributed by atoms with E-state index in [1.807, 2.05) is 0 Å². The molecular weight excluding hydrogens is 331 g/mol. The van der Waals surface area contributed by atoms with Crippen molar-refractivity contribution in [2.24, 2.45) is 0 Å². The van der Waals surface area contributed by atoms with Crippen LogP contribution in [0.4, 0.5) is 4.39 Å². The van der Waals surface area contributed by atoms with Gasteiger partial charge >= 0.3 is 0 Å². The SMILES string of the molecule is COc1cc(C(=O)C(Br)CBr)ccc1F. The van der Waals surface area contributed by atoms with Gasteiger partial charge in [-0.15, -0.1) is 0 Å². The summed E-state index contributed by atoms with van der Waals surface area (Å²) < 4.78 is 17.9. The van der Waals surface area contributed by atoms with Gasteiger partial charge in [-0.3, -0.25) is 4.79 Å². The maximum atomic E-state index is 13.1. The highest BCUT2D eigenvalue weighted by Crippen LogP contribution is 2.21. The summed E-state index contributed by atoms with van der Waals surface area (Å²) in [6.07, 6.45) is 0. The van der Waals surface area contributed by atoms with Crippen LogP contribution in [0.1, 0.15) is 10.4 Å². The number of benzene rings is 1. The van der Waals surface area contributed by atoms with E-state index in [2.05, 4.69) is 31.9 Å². The van der Waals surface area contributed by atoms with E-state index in [9.17, 15) is 9.18 Å². The number of ether oxygens (including phenoxy) is 1. The smallest absolute Gasteiger partial charge is 0.177 e. The number of ketones is 1. The first-order valence-electron chi connectivity index (χ1n) is 4.18. The largest absolute Gasteiger partial charge is 0.494 e. The molecule has 82 valence electrons. The fourth-order valence-electron chi connectivity index (χ4n) is 1.06. The third-order valence-electron chi connectivity index (χ3n) is 1.86. The van der Waals surface area contributed by atoms with Crippen molar-refractivity contribution in [1.82, 2.24) is 0 Å². The maximum absolute atomic E-state index is 13.1. The topological polar surface area (TPSA) is 26.3 Å². The summed E-state index contributed by atoms with van der Waals surface area (Å²) in [5.41, 5.74) is 0.426. The average molecular weight is 340 g/mol. The summed E-state index contributed by atoms with van der Waals surface area (Å²) >= 11 is 6.40. The lowest BCUT2D eigenvalue weighted by molar-refractivity contribution is 0.0997. The molecule has 0 aliphatic heterocycles. The Hall–Kier alpha value is -0.420. The number of methoxy groups -OCH3 is 1. The molecule has 0 N–H and O–H groups in total. The molecule has 2 nitrogen and oxygen atoms in total. The summed E-state index contributed by atoms with van der Waals surface area (Å²) in [7, 11) is 1.36. The van der Waals surface area contributed by atoms with Gasteiger partial charge in [0.25, 0.3) is 0 Å². The van der Waals surface area contributed by atoms with Crippen molar-refractivity contribution in [3.63, 3.8) is 0 Å². The zero-order valence-corrected chi connectivity index (χ0v) is 11.1. The van der Waals surface area contributed by atoms with E-state index in [0.29, 0.717) is 10.9 Å². The average Bonchev–Trinajstić information content (AvgIpc) is 2.27. The molecule has 15 heavy (non-hydrogen) atoms. The molecular formula is C10H9Br2FO2. The van der Waals surface area contributed by atoms with Gasteiger partial charge in [-0.2, -0.15) is 0 Å². The third kappa shape index (κ3) is 3.01. The Morgan fingerprint density at radius 2 is 2.27 bits per heavy atom. The molecule has 0 saturated carbocycles. The Labute approximate surface area is 104 Å². The highest BCUT2D eigenvalue weighted by atomic mass is 79.9. The zero-order valence-electron chi connectivity index (χ0n) is 7.97. The summed E-state index contributed by atoms with van der Waals surface area (Å²) in [4.78, 5) is 11.4. The first kappa shape index (κ1) is 12.6. The van der Waals surface area contributed by atoms with Crippen LogP contribution in [0.2, 0.25) is 0 Å². The fourth-order valence-corrected chi connectivity index (χ4v) is 1.62. The molecule has 0 heterocycles. The van der Waals surface area contributed by atoms with Crippen LogP contribution in [-0.4, -0.2) is 23.1 Å². The monoisotopic (exact) mass is 338 g/mol. The summed E-state index contributed by atoms with van der Waals surface area (Å²) in [5.74, 6) is -0.501. The Kier molecular flexibility index (Phi) is 4.73. The van der Waals surface area contributed by atoms with Crippen molar-refractivity contribution in [1.29, 1.82) is 0 Å². The predicted octanol–water partition coefficient (Wildman–Crippen LogP) is 3.18. The molecule has 0 bridgehead atoms. The number of carbonyl (C=O) groups excluding carboxylic acids is 1. The lowest BCUT2D eigenvalue weighted by Crippen LogP contribution is -2.15. The quantitative estimate of drug-likeness (QED) is 0.622. The van der Waals surface area contributed by atoms with E-state index >= 15 is 0 Å². The van der Waals surface area contributed by atoms with Crippen LogP contribution >= 0.6 is 31.9 Å². The van der Waals surface area contributed by atoms with Crippen LogP contribution in [0, 0.1) is 5.82 Å². The number of alkyl halides is 2. The second kappa shape index (κ2) is 5.61. The van der Waals surface area contributed by atoms with E-state index in [4.69, 9.17) is 4.74 Å². The van der Waals surface area contributed by atoms with E-state index in [1.54, 1.807) is 0 Å². The molecule has 0 fully saturated rings. The van der Waals surface area contributed by atoms with Gasteiger partial charge in [0.15, 0.2) is 17.3 Å². The van der Waals surface area contributed by atoms with Crippen molar-refractivity contribution in [3.05, 3.63) is 29.6 Å². The predicted molar refractivity (Wildman–Crippen MR) is 63.8 cm³/mol. The van der Waals surface area contributed by atoms with Gasteiger partial charge in [-0.25, -0.2) is 4.39 Å². The van der Waals surface area contributed by atoms with Gasteiger partial charge in [-0.05, 0) is 18.2 Å². The van der Waals surface area contributed by atoms with Crippen molar-refractivity contribution in [3.8, 4) is 5.75 Å². The Bertz CT molecular complexity index is 368. The number of Topliss-reactive ketones (excluding diaryl/α,β-unsaturated/α-hetero) is 1. The lowest BCUT2D eigenvalue weighted by Gasteiger charge is -2.07. The van der Waals surface area contributed by atoms with Crippen molar-refractivity contribution >= 4 is 37.6 Å². The van der Waals surface area contributed by atoms with Gasteiger partial charge in [0, 0.05) is 10.9 Å². The van der Waals surface area contributed by atoms with E-state index in [0.717, 1.165) is 0 Å². The number of hydrogen-bond donors (Lipinski definition) is 0. The standard InChI is InChI=1S/C10H9Br2FO2/c1-15-9-4-6(2-3-8(9)13)10(14)7(12)5-11/h2-4,7H,5H2,1H3. The molecule has 5 heteroatoms. The maximum Gasteiger partial charge on any atom is 0.177 e. The molecule has 0 aliphatic rings. The summed E-state index contributed by atoms with van der Waals surface area (Å²) in [6.45, 7) is 0. The van der Waals surface area contributed by atoms with Gasteiger partial charge in [0.2, 0.25) is 0 Å². The Morgan fingerprint density at radius 3 is 2.80 bits per heavy atom. The van der Waals surface area contributed by atoms with Gasteiger partial charge in [0.05, 0.1) is 11.9 Å². The molecule has 0 spiro atoms. The molecule has 0 aliphatic carbocycles. The fraction of sp³-hybridized carbons (Fsp3) is 0.300. The Morgan fingerprint density at radius 1 is 1.60 bits per heavy atom. The molecule has 1 aromatic rings. The second-order valence-corrected chi connectivity index (χ2v) is 4.59. The number of hydrogen-bond acceptors (Lipinski definition) is 2. The van der Waals surface area contributed by atoms with E-state index in [1.165, 1.54) is 25.3 Å². The van der Waals surface area contributed by atoms with Crippen LogP contribution in [0.5, 0.6) is 5.75 Å². The normalized spacial score (nSPS) is 12.3. The number of halogens is 3. The molecule has 1 aromatic carbocycles. The minimum absolute atomic E-state index is 0.0788. The molecule has 0 radical (unpaired) electrons. The lowest BCUT2D eigenvalue weighted by atomic mass is 10.1. The molecule has 0 amide bonds. The second-order valence-electron chi connectivity index (χ2n) is 2.84. The highest BCUT2D eigenvalue weighted by Gasteiger charge is 2.17. The molecule has 1 rings (SSSR count). The number of rotatable bonds is 4.